The summed E-state index contributed by atoms with van der Waals surface area (Å²) in [5, 5.41) is 4.18. The van der Waals surface area contributed by atoms with Crippen LogP contribution in [0.1, 0.15) is 26.2 Å². The average molecular weight is 297 g/mol. The van der Waals surface area contributed by atoms with Crippen molar-refractivity contribution in [2.24, 2.45) is 0 Å². The number of piperidine rings is 1. The molecule has 1 aromatic rings. The zero-order valence-electron chi connectivity index (χ0n) is 12.3. The number of rotatable bonds is 7. The Hall–Kier alpha value is -0.770. The monoisotopic (exact) mass is 296 g/mol. The Balaban J connectivity index is 1.67. The van der Waals surface area contributed by atoms with Crippen LogP contribution in [0.2, 0.25) is 5.02 Å². The predicted molar refractivity (Wildman–Crippen MR) is 84.7 cm³/mol. The van der Waals surface area contributed by atoms with Crippen molar-refractivity contribution in [3.8, 4) is 5.75 Å². The first-order valence-corrected chi connectivity index (χ1v) is 8.00. The van der Waals surface area contributed by atoms with Gasteiger partial charge in [0.05, 0.1) is 6.61 Å². The number of nitrogens with one attached hydrogen (secondary N) is 1. The van der Waals surface area contributed by atoms with E-state index in [2.05, 4.69) is 17.1 Å². The highest BCUT2D eigenvalue weighted by atomic mass is 35.5. The number of benzene rings is 1. The van der Waals surface area contributed by atoms with Crippen molar-refractivity contribution in [2.75, 3.05) is 32.8 Å². The van der Waals surface area contributed by atoms with Crippen LogP contribution < -0.4 is 10.1 Å². The maximum absolute atomic E-state index is 5.85. The third kappa shape index (κ3) is 4.97. The minimum absolute atomic E-state index is 0.747. The second-order valence-electron chi connectivity index (χ2n) is 5.27. The summed E-state index contributed by atoms with van der Waals surface area (Å²) in [6.45, 7) is 7.58. The summed E-state index contributed by atoms with van der Waals surface area (Å²) >= 11 is 5.85. The summed E-state index contributed by atoms with van der Waals surface area (Å²) in [4.78, 5) is 2.59. The zero-order valence-corrected chi connectivity index (χ0v) is 13.0. The van der Waals surface area contributed by atoms with Crippen molar-refractivity contribution < 1.29 is 4.74 Å². The van der Waals surface area contributed by atoms with E-state index in [1.807, 2.05) is 24.3 Å². The lowest BCUT2D eigenvalue weighted by Gasteiger charge is -2.33. The number of hydrogen-bond acceptors (Lipinski definition) is 3. The van der Waals surface area contributed by atoms with E-state index in [0.29, 0.717) is 0 Å². The normalized spacial score (nSPS) is 16.6. The van der Waals surface area contributed by atoms with Crippen LogP contribution in [0.4, 0.5) is 0 Å². The number of halogens is 1. The molecule has 20 heavy (non-hydrogen) atoms. The van der Waals surface area contributed by atoms with Gasteiger partial charge in [-0.15, -0.1) is 0 Å². The summed E-state index contributed by atoms with van der Waals surface area (Å²) < 4.78 is 5.75. The van der Waals surface area contributed by atoms with Crippen LogP contribution in [0, 0.1) is 0 Å². The van der Waals surface area contributed by atoms with Gasteiger partial charge >= 0.3 is 0 Å². The average Bonchev–Trinajstić information content (AvgIpc) is 2.50. The summed E-state index contributed by atoms with van der Waals surface area (Å²) in [6.07, 6.45) is 3.61. The second kappa shape index (κ2) is 8.50. The third-order valence-electron chi connectivity index (χ3n) is 3.90. The smallest absolute Gasteiger partial charge is 0.119 e. The Labute approximate surface area is 127 Å². The lowest BCUT2D eigenvalue weighted by atomic mass is 10.0. The van der Waals surface area contributed by atoms with Crippen LogP contribution in [0.25, 0.3) is 0 Å². The second-order valence-corrected chi connectivity index (χ2v) is 5.70. The molecule has 0 amide bonds. The van der Waals surface area contributed by atoms with E-state index in [4.69, 9.17) is 16.3 Å². The first-order valence-electron chi connectivity index (χ1n) is 7.62. The lowest BCUT2D eigenvalue weighted by molar-refractivity contribution is 0.157. The molecule has 0 spiro atoms. The molecule has 0 atom stereocenters. The Morgan fingerprint density at radius 2 is 1.95 bits per heavy atom. The molecule has 2 rings (SSSR count). The van der Waals surface area contributed by atoms with Crippen molar-refractivity contribution in [1.29, 1.82) is 0 Å². The van der Waals surface area contributed by atoms with Crippen molar-refractivity contribution in [1.82, 2.24) is 10.2 Å². The molecule has 0 aliphatic carbocycles. The lowest BCUT2D eigenvalue weighted by Crippen LogP contribution is -2.43. The fourth-order valence-electron chi connectivity index (χ4n) is 2.76. The van der Waals surface area contributed by atoms with E-state index in [1.54, 1.807) is 0 Å². The van der Waals surface area contributed by atoms with Crippen LogP contribution >= 0.6 is 11.6 Å². The molecule has 1 fully saturated rings. The zero-order chi connectivity index (χ0) is 14.2. The van der Waals surface area contributed by atoms with Crippen molar-refractivity contribution in [3.63, 3.8) is 0 Å². The van der Waals surface area contributed by atoms with Gasteiger partial charge in [-0.05, 0) is 63.2 Å². The Bertz CT molecular complexity index is 377. The van der Waals surface area contributed by atoms with Crippen molar-refractivity contribution in [2.45, 2.75) is 32.2 Å². The predicted octanol–water partition coefficient (Wildman–Crippen LogP) is 3.18. The summed E-state index contributed by atoms with van der Waals surface area (Å²) in [6, 6.07) is 8.32. The fourth-order valence-corrected chi connectivity index (χ4v) is 2.89. The molecule has 3 nitrogen and oxygen atoms in total. The van der Waals surface area contributed by atoms with Gasteiger partial charge in [0, 0.05) is 17.6 Å². The quantitative estimate of drug-likeness (QED) is 0.782. The third-order valence-corrected chi connectivity index (χ3v) is 4.16. The maximum atomic E-state index is 5.85. The molecule has 1 aliphatic rings. The van der Waals surface area contributed by atoms with Gasteiger partial charge in [-0.3, -0.25) is 0 Å². The molecule has 0 radical (unpaired) electrons. The first-order chi connectivity index (χ1) is 9.79. The molecular weight excluding hydrogens is 272 g/mol. The van der Waals surface area contributed by atoms with Gasteiger partial charge in [-0.25, -0.2) is 0 Å². The first kappa shape index (κ1) is 15.6. The molecule has 1 N–H and O–H groups in total. The molecule has 0 aromatic heterocycles. The number of hydrogen-bond donors (Lipinski definition) is 1. The molecule has 1 saturated heterocycles. The van der Waals surface area contributed by atoms with Gasteiger partial charge in [0.15, 0.2) is 0 Å². The Morgan fingerprint density at radius 3 is 2.60 bits per heavy atom. The molecule has 1 aromatic carbocycles. The highest BCUT2D eigenvalue weighted by Crippen LogP contribution is 2.16. The van der Waals surface area contributed by atoms with E-state index in [-0.39, 0.29) is 0 Å². The van der Waals surface area contributed by atoms with Gasteiger partial charge in [0.2, 0.25) is 0 Å². The van der Waals surface area contributed by atoms with E-state index in [9.17, 15) is 0 Å². The Morgan fingerprint density at radius 1 is 1.25 bits per heavy atom. The highest BCUT2D eigenvalue weighted by Gasteiger charge is 2.18. The Kier molecular flexibility index (Phi) is 6.64. The summed E-state index contributed by atoms with van der Waals surface area (Å²) in [5.41, 5.74) is 0. The highest BCUT2D eigenvalue weighted by molar-refractivity contribution is 6.30. The van der Waals surface area contributed by atoms with E-state index < -0.39 is 0 Å². The van der Waals surface area contributed by atoms with Crippen LogP contribution in [0.5, 0.6) is 5.75 Å². The van der Waals surface area contributed by atoms with E-state index in [0.717, 1.165) is 56.0 Å². The molecule has 1 heterocycles. The summed E-state index contributed by atoms with van der Waals surface area (Å²) in [5.74, 6) is 0.902. The number of nitrogens with zero attached hydrogens (tertiary/aromatic N) is 1. The van der Waals surface area contributed by atoms with Gasteiger partial charge in [0.25, 0.3) is 0 Å². The van der Waals surface area contributed by atoms with E-state index >= 15 is 0 Å². The van der Waals surface area contributed by atoms with E-state index in [1.165, 1.54) is 12.8 Å². The van der Waals surface area contributed by atoms with Crippen LogP contribution in [0.3, 0.4) is 0 Å². The van der Waals surface area contributed by atoms with Gasteiger partial charge in [-0.1, -0.05) is 18.5 Å². The maximum Gasteiger partial charge on any atom is 0.119 e. The molecule has 0 bridgehead atoms. The number of ether oxygens (including phenoxy) is 1. The largest absolute Gasteiger partial charge is 0.494 e. The van der Waals surface area contributed by atoms with Gasteiger partial charge < -0.3 is 15.0 Å². The van der Waals surface area contributed by atoms with Crippen LogP contribution in [-0.4, -0.2) is 43.7 Å². The van der Waals surface area contributed by atoms with Crippen molar-refractivity contribution in [3.05, 3.63) is 29.3 Å². The van der Waals surface area contributed by atoms with Gasteiger partial charge in [0.1, 0.15) is 5.75 Å². The SMILES string of the molecule is CCN(CCCOc1ccc(Cl)cc1)C1CCNCC1. The topological polar surface area (TPSA) is 24.5 Å². The molecule has 0 unspecified atom stereocenters. The van der Waals surface area contributed by atoms with Gasteiger partial charge in [-0.2, -0.15) is 0 Å². The molecular formula is C16H25ClN2O. The molecule has 0 saturated carbocycles. The molecule has 112 valence electrons. The van der Waals surface area contributed by atoms with Crippen LogP contribution in [0.15, 0.2) is 24.3 Å². The standard InChI is InChI=1S/C16H25ClN2O/c1-2-19(15-8-10-18-11-9-15)12-3-13-20-16-6-4-14(17)5-7-16/h4-7,15,18H,2-3,8-13H2,1H3. The molecule has 4 heteroatoms. The minimum atomic E-state index is 0.747. The van der Waals surface area contributed by atoms with Crippen molar-refractivity contribution >= 4 is 11.6 Å². The molecule has 1 aliphatic heterocycles. The van der Waals surface area contributed by atoms with Crippen LogP contribution in [-0.2, 0) is 0 Å². The minimum Gasteiger partial charge on any atom is -0.494 e. The fraction of sp³-hybridized carbons (Fsp3) is 0.625. The summed E-state index contributed by atoms with van der Waals surface area (Å²) in [7, 11) is 0.